The van der Waals surface area contributed by atoms with Gasteiger partial charge in [0.15, 0.2) is 0 Å². The van der Waals surface area contributed by atoms with Crippen LogP contribution in [0.25, 0.3) is 0 Å². The van der Waals surface area contributed by atoms with Crippen molar-refractivity contribution in [2.24, 2.45) is 0 Å². The molecular weight excluding hydrogens is 262 g/mol. The maximum absolute atomic E-state index is 13.0. The van der Waals surface area contributed by atoms with Crippen LogP contribution in [0.2, 0.25) is 0 Å². The highest BCUT2D eigenvalue weighted by Gasteiger charge is 2.34. The van der Waals surface area contributed by atoms with E-state index in [-0.39, 0.29) is 12.5 Å². The van der Waals surface area contributed by atoms with Crippen molar-refractivity contribution in [1.29, 1.82) is 0 Å². The largest absolute Gasteiger partial charge is 0.396 e. The molecule has 0 radical (unpaired) electrons. The summed E-state index contributed by atoms with van der Waals surface area (Å²) in [4.78, 5) is 15.1. The summed E-state index contributed by atoms with van der Waals surface area (Å²) in [6.45, 7) is 0.871. The van der Waals surface area contributed by atoms with Crippen LogP contribution < -0.4 is 0 Å². The second-order valence-corrected chi connectivity index (χ2v) is 6.34. The van der Waals surface area contributed by atoms with Crippen LogP contribution in [-0.2, 0) is 11.2 Å². The van der Waals surface area contributed by atoms with Gasteiger partial charge in [-0.05, 0) is 56.1 Å². The lowest BCUT2D eigenvalue weighted by atomic mass is 9.81. The molecule has 114 valence electrons. The van der Waals surface area contributed by atoms with Crippen molar-refractivity contribution in [1.82, 2.24) is 4.90 Å². The third-order valence-corrected chi connectivity index (χ3v) is 5.02. The fourth-order valence-corrected chi connectivity index (χ4v) is 3.62. The van der Waals surface area contributed by atoms with E-state index in [9.17, 15) is 4.79 Å². The van der Waals surface area contributed by atoms with Crippen molar-refractivity contribution < 1.29 is 9.90 Å². The van der Waals surface area contributed by atoms with Crippen LogP contribution in [-0.4, -0.2) is 35.1 Å². The standard InChI is InChI=1S/C18H25NO2/c20-13-5-12-19(15-8-4-9-15)18(21)17-11-3-7-14-6-1-2-10-16(14)17/h1-2,6,10,15,17,20H,3-5,7-9,11-13H2. The van der Waals surface area contributed by atoms with Gasteiger partial charge in [0.25, 0.3) is 0 Å². The first-order valence-electron chi connectivity index (χ1n) is 8.30. The summed E-state index contributed by atoms with van der Waals surface area (Å²) in [5.74, 6) is 0.328. The van der Waals surface area contributed by atoms with Gasteiger partial charge in [0.1, 0.15) is 0 Å². The van der Waals surface area contributed by atoms with Gasteiger partial charge in [-0.2, -0.15) is 0 Å². The number of rotatable bonds is 5. The van der Waals surface area contributed by atoms with E-state index >= 15 is 0 Å². The zero-order valence-corrected chi connectivity index (χ0v) is 12.6. The van der Waals surface area contributed by atoms with E-state index in [0.717, 1.165) is 32.1 Å². The van der Waals surface area contributed by atoms with Gasteiger partial charge in [0, 0.05) is 19.2 Å². The van der Waals surface area contributed by atoms with E-state index in [1.165, 1.54) is 17.5 Å². The number of fused-ring (bicyclic) bond motifs is 1. The predicted octanol–water partition coefficient (Wildman–Crippen LogP) is 2.87. The van der Waals surface area contributed by atoms with Gasteiger partial charge in [0.05, 0.1) is 5.92 Å². The van der Waals surface area contributed by atoms with Gasteiger partial charge in [-0.25, -0.2) is 0 Å². The molecule has 0 bridgehead atoms. The number of benzene rings is 1. The molecule has 3 heteroatoms. The second-order valence-electron chi connectivity index (χ2n) is 6.34. The molecule has 3 nitrogen and oxygen atoms in total. The maximum Gasteiger partial charge on any atom is 0.230 e. The number of aryl methyl sites for hydroxylation is 1. The minimum Gasteiger partial charge on any atom is -0.396 e. The maximum atomic E-state index is 13.0. The normalized spacial score (nSPS) is 21.5. The van der Waals surface area contributed by atoms with E-state index in [1.54, 1.807) is 0 Å². The molecule has 0 aromatic heterocycles. The Bertz CT molecular complexity index is 496. The minimum absolute atomic E-state index is 0.0363. The Labute approximate surface area is 127 Å². The summed E-state index contributed by atoms with van der Waals surface area (Å²) in [7, 11) is 0. The van der Waals surface area contributed by atoms with E-state index in [0.29, 0.717) is 24.9 Å². The lowest BCUT2D eigenvalue weighted by Crippen LogP contribution is -2.47. The molecule has 1 aromatic carbocycles. The van der Waals surface area contributed by atoms with Crippen molar-refractivity contribution in [2.45, 2.75) is 56.9 Å². The SMILES string of the molecule is O=C(C1CCCc2ccccc21)N(CCCO)C1CCC1. The van der Waals surface area contributed by atoms with Gasteiger partial charge in [0.2, 0.25) is 5.91 Å². The number of aliphatic hydroxyl groups is 1. The molecule has 0 spiro atoms. The lowest BCUT2D eigenvalue weighted by molar-refractivity contribution is -0.137. The Kier molecular flexibility index (Phi) is 4.59. The molecule has 0 heterocycles. The highest BCUT2D eigenvalue weighted by atomic mass is 16.3. The molecule has 2 aliphatic rings. The first-order chi connectivity index (χ1) is 10.3. The van der Waals surface area contributed by atoms with Crippen LogP contribution in [0.15, 0.2) is 24.3 Å². The van der Waals surface area contributed by atoms with Gasteiger partial charge in [-0.15, -0.1) is 0 Å². The summed E-state index contributed by atoms with van der Waals surface area (Å²) in [5.41, 5.74) is 2.58. The molecule has 2 aliphatic carbocycles. The monoisotopic (exact) mass is 287 g/mol. The van der Waals surface area contributed by atoms with Crippen molar-refractivity contribution >= 4 is 5.91 Å². The predicted molar refractivity (Wildman–Crippen MR) is 83.2 cm³/mol. The number of nitrogens with zero attached hydrogens (tertiary/aromatic N) is 1. The Morgan fingerprint density at radius 1 is 1.19 bits per heavy atom. The molecule has 1 amide bonds. The number of hydrogen-bond donors (Lipinski definition) is 1. The molecule has 0 saturated heterocycles. The topological polar surface area (TPSA) is 40.5 Å². The molecule has 1 unspecified atom stereocenters. The first-order valence-corrected chi connectivity index (χ1v) is 8.30. The lowest BCUT2D eigenvalue weighted by Gasteiger charge is -2.40. The van der Waals surface area contributed by atoms with Crippen molar-refractivity contribution in [3.05, 3.63) is 35.4 Å². The van der Waals surface area contributed by atoms with Crippen LogP contribution in [0.5, 0.6) is 0 Å². The zero-order chi connectivity index (χ0) is 14.7. The van der Waals surface area contributed by atoms with Crippen LogP contribution in [0.1, 0.15) is 55.6 Å². The van der Waals surface area contributed by atoms with Gasteiger partial charge in [-0.3, -0.25) is 4.79 Å². The van der Waals surface area contributed by atoms with Crippen LogP contribution in [0.3, 0.4) is 0 Å². The number of carbonyl (C=O) groups excluding carboxylic acids is 1. The molecule has 1 saturated carbocycles. The van der Waals surface area contributed by atoms with E-state index in [1.807, 2.05) is 6.07 Å². The fraction of sp³-hybridized carbons (Fsp3) is 0.611. The number of aliphatic hydroxyl groups excluding tert-OH is 1. The summed E-state index contributed by atoms with van der Waals surface area (Å²) in [6, 6.07) is 8.82. The van der Waals surface area contributed by atoms with Gasteiger partial charge < -0.3 is 10.0 Å². The minimum atomic E-state index is 0.0363. The Morgan fingerprint density at radius 3 is 2.71 bits per heavy atom. The molecule has 3 rings (SSSR count). The van der Waals surface area contributed by atoms with Gasteiger partial charge in [-0.1, -0.05) is 24.3 Å². The smallest absolute Gasteiger partial charge is 0.230 e. The van der Waals surface area contributed by atoms with Gasteiger partial charge >= 0.3 is 0 Å². The van der Waals surface area contributed by atoms with Crippen molar-refractivity contribution in [2.75, 3.05) is 13.2 Å². The summed E-state index contributed by atoms with van der Waals surface area (Å²) >= 11 is 0. The third-order valence-electron chi connectivity index (χ3n) is 5.02. The Hall–Kier alpha value is -1.35. The van der Waals surface area contributed by atoms with E-state index < -0.39 is 0 Å². The molecule has 1 N–H and O–H groups in total. The van der Waals surface area contributed by atoms with Crippen molar-refractivity contribution in [3.8, 4) is 0 Å². The molecule has 0 aliphatic heterocycles. The Balaban J connectivity index is 1.79. The highest BCUT2D eigenvalue weighted by Crippen LogP contribution is 2.35. The fourth-order valence-electron chi connectivity index (χ4n) is 3.62. The second kappa shape index (κ2) is 6.61. The van der Waals surface area contributed by atoms with Crippen LogP contribution in [0, 0.1) is 0 Å². The summed E-state index contributed by atoms with van der Waals surface area (Å²) in [5, 5.41) is 9.10. The number of carbonyl (C=O) groups is 1. The highest BCUT2D eigenvalue weighted by molar-refractivity contribution is 5.84. The first kappa shape index (κ1) is 14.6. The van der Waals surface area contributed by atoms with Crippen LogP contribution in [0.4, 0.5) is 0 Å². The Morgan fingerprint density at radius 2 is 2.00 bits per heavy atom. The molecule has 1 aromatic rings. The quantitative estimate of drug-likeness (QED) is 0.904. The summed E-state index contributed by atoms with van der Waals surface area (Å²) in [6.07, 6.45) is 7.35. The average Bonchev–Trinajstić information content (AvgIpc) is 2.48. The zero-order valence-electron chi connectivity index (χ0n) is 12.6. The molecular formula is C18H25NO2. The van der Waals surface area contributed by atoms with Crippen LogP contribution >= 0.6 is 0 Å². The summed E-state index contributed by atoms with van der Waals surface area (Å²) < 4.78 is 0. The third kappa shape index (κ3) is 2.98. The van der Waals surface area contributed by atoms with Crippen molar-refractivity contribution in [3.63, 3.8) is 0 Å². The number of amides is 1. The average molecular weight is 287 g/mol. The van der Waals surface area contributed by atoms with E-state index in [4.69, 9.17) is 5.11 Å². The molecule has 1 atom stereocenters. The molecule has 1 fully saturated rings. The molecule has 21 heavy (non-hydrogen) atoms. The van der Waals surface area contributed by atoms with E-state index in [2.05, 4.69) is 23.1 Å². The number of hydrogen-bond acceptors (Lipinski definition) is 2.